The van der Waals surface area contributed by atoms with Gasteiger partial charge in [-0.05, 0) is 30.3 Å². The van der Waals surface area contributed by atoms with E-state index in [2.05, 4.69) is 4.98 Å². The van der Waals surface area contributed by atoms with Gasteiger partial charge in [-0.15, -0.1) is 0 Å². The topological polar surface area (TPSA) is 70.0 Å². The number of aromatic hydroxyl groups is 1. The number of fused-ring (bicyclic) bond motifs is 1. The smallest absolute Gasteiger partial charge is 0.227 e. The first-order valence-corrected chi connectivity index (χ1v) is 5.37. The minimum absolute atomic E-state index is 0.0441. The van der Waals surface area contributed by atoms with Gasteiger partial charge in [-0.2, -0.15) is 5.26 Å². The molecular formula is C14H8N2O2. The van der Waals surface area contributed by atoms with Crippen molar-refractivity contribution in [3.8, 4) is 23.3 Å². The first kappa shape index (κ1) is 10.4. The van der Waals surface area contributed by atoms with Crippen LogP contribution in [-0.4, -0.2) is 10.1 Å². The third kappa shape index (κ3) is 1.59. The van der Waals surface area contributed by atoms with E-state index in [1.807, 2.05) is 30.3 Å². The number of aromatic nitrogens is 1. The number of rotatable bonds is 1. The number of nitrogens with zero attached hydrogens (tertiary/aromatic N) is 2. The molecule has 3 rings (SSSR count). The Bertz CT molecular complexity index is 736. The van der Waals surface area contributed by atoms with Crippen molar-refractivity contribution in [1.29, 1.82) is 5.26 Å². The first-order valence-electron chi connectivity index (χ1n) is 5.37. The van der Waals surface area contributed by atoms with Gasteiger partial charge in [0.1, 0.15) is 17.3 Å². The molecule has 0 amide bonds. The number of benzene rings is 2. The Morgan fingerprint density at radius 3 is 2.78 bits per heavy atom. The Balaban J connectivity index is 2.17. The van der Waals surface area contributed by atoms with Crippen molar-refractivity contribution >= 4 is 11.1 Å². The van der Waals surface area contributed by atoms with Crippen LogP contribution in [0.5, 0.6) is 5.75 Å². The maximum absolute atomic E-state index is 9.45. The van der Waals surface area contributed by atoms with Gasteiger partial charge in [-0.3, -0.25) is 0 Å². The molecular weight excluding hydrogens is 228 g/mol. The molecule has 86 valence electrons. The molecule has 4 nitrogen and oxygen atoms in total. The minimum atomic E-state index is -0.0441. The van der Waals surface area contributed by atoms with E-state index in [1.165, 1.54) is 6.07 Å². The average Bonchev–Trinajstić information content (AvgIpc) is 2.83. The first-order chi connectivity index (χ1) is 8.78. The van der Waals surface area contributed by atoms with Crippen molar-refractivity contribution in [2.24, 2.45) is 0 Å². The lowest BCUT2D eigenvalue weighted by Gasteiger charge is -1.98. The Morgan fingerprint density at radius 1 is 1.17 bits per heavy atom. The third-order valence-electron chi connectivity index (χ3n) is 2.66. The van der Waals surface area contributed by atoms with Gasteiger partial charge >= 0.3 is 0 Å². The molecule has 0 unspecified atom stereocenters. The summed E-state index contributed by atoms with van der Waals surface area (Å²) in [5.41, 5.74) is 2.33. The van der Waals surface area contributed by atoms with Crippen molar-refractivity contribution in [3.05, 3.63) is 48.0 Å². The van der Waals surface area contributed by atoms with Gasteiger partial charge in [0, 0.05) is 5.56 Å². The fourth-order valence-corrected chi connectivity index (χ4v) is 1.75. The molecule has 0 bridgehead atoms. The maximum atomic E-state index is 9.45. The highest BCUT2D eigenvalue weighted by molar-refractivity contribution is 5.76. The number of nitriles is 1. The van der Waals surface area contributed by atoms with Crippen molar-refractivity contribution in [2.45, 2.75) is 0 Å². The SMILES string of the molecule is N#Cc1cc(-c2nc3ccccc3o2)ccc1O. The molecule has 0 spiro atoms. The average molecular weight is 236 g/mol. The monoisotopic (exact) mass is 236 g/mol. The molecule has 4 heteroatoms. The summed E-state index contributed by atoms with van der Waals surface area (Å²) in [5, 5.41) is 18.3. The fourth-order valence-electron chi connectivity index (χ4n) is 1.75. The molecule has 0 aliphatic heterocycles. The highest BCUT2D eigenvalue weighted by atomic mass is 16.3. The van der Waals surface area contributed by atoms with E-state index in [0.717, 1.165) is 5.52 Å². The van der Waals surface area contributed by atoms with E-state index in [9.17, 15) is 5.11 Å². The van der Waals surface area contributed by atoms with Crippen molar-refractivity contribution in [1.82, 2.24) is 4.98 Å². The maximum Gasteiger partial charge on any atom is 0.227 e. The summed E-state index contributed by atoms with van der Waals surface area (Å²) in [6, 6.07) is 14.0. The zero-order valence-electron chi connectivity index (χ0n) is 9.29. The third-order valence-corrected chi connectivity index (χ3v) is 2.66. The van der Waals surface area contributed by atoms with Crippen LogP contribution in [0.15, 0.2) is 46.9 Å². The van der Waals surface area contributed by atoms with Crippen LogP contribution in [-0.2, 0) is 0 Å². The van der Waals surface area contributed by atoms with Gasteiger partial charge in [0.15, 0.2) is 5.58 Å². The molecule has 2 aromatic carbocycles. The summed E-state index contributed by atoms with van der Waals surface area (Å²) < 4.78 is 5.59. The van der Waals surface area contributed by atoms with E-state index in [-0.39, 0.29) is 11.3 Å². The van der Waals surface area contributed by atoms with Gasteiger partial charge < -0.3 is 9.52 Å². The zero-order valence-corrected chi connectivity index (χ0v) is 9.29. The van der Waals surface area contributed by atoms with E-state index in [4.69, 9.17) is 9.68 Å². The molecule has 0 aliphatic carbocycles. The van der Waals surface area contributed by atoms with Gasteiger partial charge in [-0.1, -0.05) is 12.1 Å². The molecule has 1 heterocycles. The second-order valence-electron chi connectivity index (χ2n) is 3.83. The van der Waals surface area contributed by atoms with Crippen LogP contribution in [0.3, 0.4) is 0 Å². The summed E-state index contributed by atoms with van der Waals surface area (Å²) >= 11 is 0. The summed E-state index contributed by atoms with van der Waals surface area (Å²) in [4.78, 5) is 4.33. The number of phenolic OH excluding ortho intramolecular Hbond substituents is 1. The Hall–Kier alpha value is -2.80. The lowest BCUT2D eigenvalue weighted by atomic mass is 10.1. The number of para-hydroxylation sites is 2. The standard InChI is InChI=1S/C14H8N2O2/c15-8-10-7-9(5-6-12(10)17)14-16-11-3-1-2-4-13(11)18-14/h1-7,17H. The summed E-state index contributed by atoms with van der Waals surface area (Å²) in [6.07, 6.45) is 0. The number of phenols is 1. The summed E-state index contributed by atoms with van der Waals surface area (Å²) in [6.45, 7) is 0. The highest BCUT2D eigenvalue weighted by Gasteiger charge is 2.10. The van der Waals surface area contributed by atoms with Gasteiger partial charge in [0.25, 0.3) is 0 Å². The highest BCUT2D eigenvalue weighted by Crippen LogP contribution is 2.27. The van der Waals surface area contributed by atoms with Crippen LogP contribution in [0.1, 0.15) is 5.56 Å². The number of hydrogen-bond donors (Lipinski definition) is 1. The second kappa shape index (κ2) is 3.90. The van der Waals surface area contributed by atoms with Gasteiger partial charge in [0.05, 0.1) is 5.56 Å². The number of hydrogen-bond acceptors (Lipinski definition) is 4. The van der Waals surface area contributed by atoms with E-state index in [0.29, 0.717) is 17.0 Å². The van der Waals surface area contributed by atoms with E-state index >= 15 is 0 Å². The van der Waals surface area contributed by atoms with Crippen LogP contribution in [0.25, 0.3) is 22.6 Å². The largest absolute Gasteiger partial charge is 0.507 e. The van der Waals surface area contributed by atoms with Gasteiger partial charge in [0.2, 0.25) is 5.89 Å². The van der Waals surface area contributed by atoms with Crippen LogP contribution >= 0.6 is 0 Å². The predicted molar refractivity (Wildman–Crippen MR) is 65.8 cm³/mol. The molecule has 0 saturated carbocycles. The fraction of sp³-hybridized carbons (Fsp3) is 0. The quantitative estimate of drug-likeness (QED) is 0.704. The lowest BCUT2D eigenvalue weighted by Crippen LogP contribution is -1.81. The van der Waals surface area contributed by atoms with Crippen LogP contribution in [0, 0.1) is 11.3 Å². The van der Waals surface area contributed by atoms with Gasteiger partial charge in [-0.25, -0.2) is 4.98 Å². The van der Waals surface area contributed by atoms with E-state index < -0.39 is 0 Å². The Labute approximate surface area is 103 Å². The molecule has 0 atom stereocenters. The molecule has 3 aromatic rings. The molecule has 1 aromatic heterocycles. The molecule has 18 heavy (non-hydrogen) atoms. The second-order valence-corrected chi connectivity index (χ2v) is 3.83. The molecule has 0 saturated heterocycles. The summed E-state index contributed by atoms with van der Waals surface area (Å²) in [7, 11) is 0. The summed E-state index contributed by atoms with van der Waals surface area (Å²) in [5.74, 6) is 0.394. The van der Waals surface area contributed by atoms with Crippen LogP contribution in [0.4, 0.5) is 0 Å². The minimum Gasteiger partial charge on any atom is -0.507 e. The molecule has 0 radical (unpaired) electrons. The Morgan fingerprint density at radius 2 is 2.00 bits per heavy atom. The van der Waals surface area contributed by atoms with Crippen molar-refractivity contribution < 1.29 is 9.52 Å². The number of oxazole rings is 1. The molecule has 0 aliphatic rings. The zero-order chi connectivity index (χ0) is 12.5. The van der Waals surface area contributed by atoms with E-state index in [1.54, 1.807) is 12.1 Å². The van der Waals surface area contributed by atoms with Crippen molar-refractivity contribution in [2.75, 3.05) is 0 Å². The van der Waals surface area contributed by atoms with Crippen LogP contribution < -0.4 is 0 Å². The lowest BCUT2D eigenvalue weighted by molar-refractivity contribution is 0.473. The molecule has 1 N–H and O–H groups in total. The van der Waals surface area contributed by atoms with Crippen molar-refractivity contribution in [3.63, 3.8) is 0 Å². The predicted octanol–water partition coefficient (Wildman–Crippen LogP) is 3.07. The van der Waals surface area contributed by atoms with Crippen LogP contribution in [0.2, 0.25) is 0 Å². The Kier molecular flexibility index (Phi) is 2.24. The normalized spacial score (nSPS) is 10.4. The molecule has 0 fully saturated rings.